The molecule has 1 aliphatic heterocycles. The van der Waals surface area contributed by atoms with Crippen LogP contribution < -0.4 is 5.32 Å². The maximum Gasteiger partial charge on any atom is 0.345 e. The lowest BCUT2D eigenvalue weighted by molar-refractivity contribution is 0.0702. The van der Waals surface area contributed by atoms with Crippen molar-refractivity contribution in [2.75, 3.05) is 26.2 Å². The average Bonchev–Trinajstić information content (AvgIpc) is 2.80. The van der Waals surface area contributed by atoms with Crippen LogP contribution in [0.15, 0.2) is 16.3 Å². The first-order valence-corrected chi connectivity index (χ1v) is 7.36. The van der Waals surface area contributed by atoms with Crippen molar-refractivity contribution in [2.24, 2.45) is 0 Å². The molecule has 8 heteroatoms. The van der Waals surface area contributed by atoms with Gasteiger partial charge in [-0.05, 0) is 6.07 Å². The van der Waals surface area contributed by atoms with Gasteiger partial charge in [0.05, 0.1) is 4.90 Å². The van der Waals surface area contributed by atoms with Crippen LogP contribution in [0.1, 0.15) is 9.67 Å². The Morgan fingerprint density at radius 1 is 1.41 bits per heavy atom. The molecule has 6 nitrogen and oxygen atoms in total. The van der Waals surface area contributed by atoms with E-state index in [-0.39, 0.29) is 9.77 Å². The van der Waals surface area contributed by atoms with E-state index in [0.717, 1.165) is 11.3 Å². The Bertz CT molecular complexity index is 517. The zero-order chi connectivity index (χ0) is 12.5. The minimum atomic E-state index is -3.53. The first-order valence-electron chi connectivity index (χ1n) is 5.04. The number of carbonyl (C=O) groups is 1. The van der Waals surface area contributed by atoms with E-state index in [1.807, 2.05) is 0 Å². The number of nitrogens with zero attached hydrogens (tertiary/aromatic N) is 1. The molecule has 0 atom stereocenters. The molecule has 1 aromatic heterocycles. The van der Waals surface area contributed by atoms with E-state index in [1.165, 1.54) is 15.8 Å². The summed E-state index contributed by atoms with van der Waals surface area (Å²) in [7, 11) is -3.53. The number of nitrogens with one attached hydrogen (secondary N) is 1. The topological polar surface area (TPSA) is 86.7 Å². The smallest absolute Gasteiger partial charge is 0.345 e. The van der Waals surface area contributed by atoms with Gasteiger partial charge in [0, 0.05) is 31.6 Å². The Hall–Kier alpha value is -0.960. The van der Waals surface area contributed by atoms with Gasteiger partial charge in [-0.3, -0.25) is 0 Å². The molecule has 1 aromatic rings. The summed E-state index contributed by atoms with van der Waals surface area (Å²) >= 11 is 0.928. The lowest BCUT2D eigenvalue weighted by atomic mass is 10.4. The third-order valence-corrected chi connectivity index (χ3v) is 5.44. The molecule has 0 aliphatic carbocycles. The highest BCUT2D eigenvalue weighted by Gasteiger charge is 2.27. The molecule has 2 rings (SSSR count). The molecule has 1 saturated heterocycles. The molecule has 0 saturated carbocycles. The van der Waals surface area contributed by atoms with Crippen molar-refractivity contribution < 1.29 is 18.3 Å². The summed E-state index contributed by atoms with van der Waals surface area (Å²) in [6.07, 6.45) is 0. The van der Waals surface area contributed by atoms with Crippen molar-refractivity contribution in [1.82, 2.24) is 9.62 Å². The van der Waals surface area contributed by atoms with Crippen molar-refractivity contribution in [3.05, 3.63) is 16.3 Å². The highest BCUT2D eigenvalue weighted by molar-refractivity contribution is 7.89. The molecule has 0 amide bonds. The molecule has 0 spiro atoms. The highest BCUT2D eigenvalue weighted by atomic mass is 32.2. The van der Waals surface area contributed by atoms with Gasteiger partial charge in [0.25, 0.3) is 0 Å². The SMILES string of the molecule is O=C(O)c1cc(S(=O)(=O)N2CCNCC2)cs1. The van der Waals surface area contributed by atoms with Crippen LogP contribution in [0.5, 0.6) is 0 Å². The second-order valence-electron chi connectivity index (χ2n) is 3.61. The van der Waals surface area contributed by atoms with E-state index >= 15 is 0 Å². The second kappa shape index (κ2) is 4.73. The van der Waals surface area contributed by atoms with Crippen LogP contribution in [0.4, 0.5) is 0 Å². The van der Waals surface area contributed by atoms with E-state index < -0.39 is 16.0 Å². The number of aromatic carboxylic acids is 1. The van der Waals surface area contributed by atoms with Gasteiger partial charge in [-0.1, -0.05) is 0 Å². The summed E-state index contributed by atoms with van der Waals surface area (Å²) in [6, 6.07) is 1.21. The van der Waals surface area contributed by atoms with E-state index in [9.17, 15) is 13.2 Å². The van der Waals surface area contributed by atoms with Crippen molar-refractivity contribution in [3.63, 3.8) is 0 Å². The lowest BCUT2D eigenvalue weighted by Gasteiger charge is -2.26. The Balaban J connectivity index is 2.27. The minimum Gasteiger partial charge on any atom is -0.477 e. The Morgan fingerprint density at radius 3 is 2.59 bits per heavy atom. The van der Waals surface area contributed by atoms with Gasteiger partial charge in [-0.15, -0.1) is 11.3 Å². The Labute approximate surface area is 103 Å². The van der Waals surface area contributed by atoms with Crippen LogP contribution in [0.25, 0.3) is 0 Å². The normalized spacial score (nSPS) is 18.1. The Kier molecular flexibility index (Phi) is 3.48. The molecule has 0 bridgehead atoms. The fourth-order valence-corrected chi connectivity index (χ4v) is 4.14. The minimum absolute atomic E-state index is 0.0405. The van der Waals surface area contributed by atoms with E-state index in [1.54, 1.807) is 0 Å². The molecule has 2 heterocycles. The Morgan fingerprint density at radius 2 is 2.06 bits per heavy atom. The van der Waals surface area contributed by atoms with Crippen molar-refractivity contribution in [2.45, 2.75) is 4.90 Å². The van der Waals surface area contributed by atoms with Gasteiger partial charge >= 0.3 is 5.97 Å². The van der Waals surface area contributed by atoms with Crippen LogP contribution in [0.2, 0.25) is 0 Å². The van der Waals surface area contributed by atoms with Gasteiger partial charge in [-0.25, -0.2) is 13.2 Å². The zero-order valence-electron chi connectivity index (χ0n) is 8.92. The predicted octanol–water partition coefficient (Wildman–Crippen LogP) is 0.0402. The molecule has 2 N–H and O–H groups in total. The molecule has 0 aromatic carbocycles. The van der Waals surface area contributed by atoms with Crippen molar-refractivity contribution in [1.29, 1.82) is 0 Å². The summed E-state index contributed by atoms with van der Waals surface area (Å²) < 4.78 is 25.6. The quantitative estimate of drug-likeness (QED) is 0.814. The van der Waals surface area contributed by atoms with Gasteiger partial charge in [0.2, 0.25) is 10.0 Å². The maximum absolute atomic E-state index is 12.1. The molecule has 17 heavy (non-hydrogen) atoms. The first-order chi connectivity index (χ1) is 8.01. The summed E-state index contributed by atoms with van der Waals surface area (Å²) in [5, 5.41) is 13.2. The third-order valence-electron chi connectivity index (χ3n) is 2.50. The molecule has 0 radical (unpaired) electrons. The zero-order valence-corrected chi connectivity index (χ0v) is 10.6. The molecule has 1 fully saturated rings. The standard InChI is InChI=1S/C9H12N2O4S2/c12-9(13)8-5-7(6-16-8)17(14,15)11-3-1-10-2-4-11/h5-6,10H,1-4H2,(H,12,13). The first kappa shape index (κ1) is 12.5. The highest BCUT2D eigenvalue weighted by Crippen LogP contribution is 2.22. The van der Waals surface area contributed by atoms with E-state index in [0.29, 0.717) is 26.2 Å². The molecule has 0 unspecified atom stereocenters. The van der Waals surface area contributed by atoms with Gasteiger partial charge < -0.3 is 10.4 Å². The largest absolute Gasteiger partial charge is 0.477 e. The van der Waals surface area contributed by atoms with Crippen LogP contribution in [-0.4, -0.2) is 50.0 Å². The fraction of sp³-hybridized carbons (Fsp3) is 0.444. The van der Waals surface area contributed by atoms with Gasteiger partial charge in [-0.2, -0.15) is 4.31 Å². The van der Waals surface area contributed by atoms with E-state index in [4.69, 9.17) is 5.11 Å². The number of carboxylic acids is 1. The molecule has 1 aliphatic rings. The molecular formula is C9H12N2O4S2. The van der Waals surface area contributed by atoms with Crippen LogP contribution in [-0.2, 0) is 10.0 Å². The number of carboxylic acid groups (broad SMARTS) is 1. The number of sulfonamides is 1. The number of rotatable bonds is 3. The van der Waals surface area contributed by atoms with Crippen LogP contribution >= 0.6 is 11.3 Å². The predicted molar refractivity (Wildman–Crippen MR) is 62.9 cm³/mol. The average molecular weight is 276 g/mol. The summed E-state index contributed by atoms with van der Waals surface area (Å²) in [4.78, 5) is 10.8. The van der Waals surface area contributed by atoms with Crippen LogP contribution in [0.3, 0.4) is 0 Å². The number of hydrogen-bond acceptors (Lipinski definition) is 5. The third kappa shape index (κ3) is 2.49. The summed E-state index contributed by atoms with van der Waals surface area (Å²) in [5.41, 5.74) is 0. The van der Waals surface area contributed by atoms with E-state index in [2.05, 4.69) is 5.32 Å². The molecular weight excluding hydrogens is 264 g/mol. The summed E-state index contributed by atoms with van der Waals surface area (Å²) in [6.45, 7) is 2.07. The molecule has 94 valence electrons. The van der Waals surface area contributed by atoms with Crippen LogP contribution in [0, 0.1) is 0 Å². The van der Waals surface area contributed by atoms with Crippen molar-refractivity contribution >= 4 is 27.3 Å². The monoisotopic (exact) mass is 276 g/mol. The van der Waals surface area contributed by atoms with Gasteiger partial charge in [0.15, 0.2) is 0 Å². The van der Waals surface area contributed by atoms with Crippen molar-refractivity contribution in [3.8, 4) is 0 Å². The lowest BCUT2D eigenvalue weighted by Crippen LogP contribution is -2.46. The number of piperazine rings is 1. The maximum atomic E-state index is 12.1. The van der Waals surface area contributed by atoms with Gasteiger partial charge in [0.1, 0.15) is 4.88 Å². The fourth-order valence-electron chi connectivity index (χ4n) is 1.60. The summed E-state index contributed by atoms with van der Waals surface area (Å²) in [5.74, 6) is -1.10. The number of hydrogen-bond donors (Lipinski definition) is 2. The number of thiophene rings is 1. The second-order valence-corrected chi connectivity index (χ2v) is 6.46.